The highest BCUT2D eigenvalue weighted by atomic mass is 79.9. The number of methoxy groups -OCH3 is 1. The molecule has 0 unspecified atom stereocenters. The van der Waals surface area contributed by atoms with E-state index in [0.29, 0.717) is 5.76 Å². The molecule has 3 heteroatoms. The second-order valence-electron chi connectivity index (χ2n) is 2.31. The van der Waals surface area contributed by atoms with E-state index in [1.54, 1.807) is 13.3 Å². The highest BCUT2D eigenvalue weighted by Crippen LogP contribution is 2.11. The van der Waals surface area contributed by atoms with Gasteiger partial charge >= 0.3 is 0 Å². The van der Waals surface area contributed by atoms with Gasteiger partial charge in [-0.1, -0.05) is 28.6 Å². The van der Waals surface area contributed by atoms with E-state index >= 15 is 0 Å². The first kappa shape index (κ1) is 9.26. The number of pyridine rings is 1. The van der Waals surface area contributed by atoms with Gasteiger partial charge in [0.1, 0.15) is 11.5 Å². The molecule has 1 aromatic rings. The first-order chi connectivity index (χ1) is 5.77. The van der Waals surface area contributed by atoms with E-state index in [0.717, 1.165) is 16.6 Å². The van der Waals surface area contributed by atoms with Crippen molar-refractivity contribution in [2.75, 3.05) is 7.11 Å². The van der Waals surface area contributed by atoms with Crippen molar-refractivity contribution in [3.05, 3.63) is 36.2 Å². The Morgan fingerprint density at radius 1 is 1.67 bits per heavy atom. The summed E-state index contributed by atoms with van der Waals surface area (Å²) in [7, 11) is 1.59. The van der Waals surface area contributed by atoms with E-state index in [1.165, 1.54) is 0 Å². The minimum absolute atomic E-state index is 0.594. The Hall–Kier alpha value is -0.830. The van der Waals surface area contributed by atoms with Crippen LogP contribution >= 0.6 is 15.9 Å². The van der Waals surface area contributed by atoms with Crippen molar-refractivity contribution in [3.8, 4) is 0 Å². The third kappa shape index (κ3) is 2.08. The number of nitrogens with zero attached hydrogens (tertiary/aromatic N) is 1. The standard InChI is InChI=1S/C9H10BrNO/c1-7(12-2)9-4-3-8(5-10)6-11-9/h3-4,6H,1,5H2,2H3. The summed E-state index contributed by atoms with van der Waals surface area (Å²) in [5.74, 6) is 0.594. The van der Waals surface area contributed by atoms with E-state index in [-0.39, 0.29) is 0 Å². The predicted molar refractivity (Wildman–Crippen MR) is 52.9 cm³/mol. The van der Waals surface area contributed by atoms with E-state index in [4.69, 9.17) is 4.74 Å². The van der Waals surface area contributed by atoms with Crippen molar-refractivity contribution >= 4 is 21.7 Å². The summed E-state index contributed by atoms with van der Waals surface area (Å²) in [4.78, 5) is 4.17. The van der Waals surface area contributed by atoms with Crippen LogP contribution in [-0.2, 0) is 10.1 Å². The van der Waals surface area contributed by atoms with Gasteiger partial charge in [0.15, 0.2) is 0 Å². The quantitative estimate of drug-likeness (QED) is 0.586. The van der Waals surface area contributed by atoms with Gasteiger partial charge in [-0.2, -0.15) is 0 Å². The summed E-state index contributed by atoms with van der Waals surface area (Å²) in [6.07, 6.45) is 1.80. The lowest BCUT2D eigenvalue weighted by Crippen LogP contribution is -1.90. The number of rotatable bonds is 3. The average molecular weight is 228 g/mol. The maximum absolute atomic E-state index is 4.94. The molecule has 0 spiro atoms. The number of ether oxygens (including phenoxy) is 1. The van der Waals surface area contributed by atoms with Gasteiger partial charge in [-0.25, -0.2) is 0 Å². The zero-order valence-corrected chi connectivity index (χ0v) is 8.47. The van der Waals surface area contributed by atoms with Crippen LogP contribution in [0.1, 0.15) is 11.3 Å². The van der Waals surface area contributed by atoms with Crippen molar-refractivity contribution in [1.82, 2.24) is 4.98 Å². The Kier molecular flexibility index (Phi) is 3.29. The Bertz CT molecular complexity index is 268. The molecule has 0 amide bonds. The lowest BCUT2D eigenvalue weighted by molar-refractivity contribution is 0.369. The van der Waals surface area contributed by atoms with Crippen LogP contribution in [0.4, 0.5) is 0 Å². The van der Waals surface area contributed by atoms with Crippen molar-refractivity contribution in [1.29, 1.82) is 0 Å². The highest BCUT2D eigenvalue weighted by molar-refractivity contribution is 9.08. The molecule has 64 valence electrons. The summed E-state index contributed by atoms with van der Waals surface area (Å²) < 4.78 is 4.94. The largest absolute Gasteiger partial charge is 0.495 e. The lowest BCUT2D eigenvalue weighted by Gasteiger charge is -2.02. The predicted octanol–water partition coefficient (Wildman–Crippen LogP) is 2.59. The number of alkyl halides is 1. The zero-order valence-electron chi connectivity index (χ0n) is 6.88. The van der Waals surface area contributed by atoms with E-state index in [1.807, 2.05) is 12.1 Å². The molecule has 0 aliphatic rings. The summed E-state index contributed by atoms with van der Waals surface area (Å²) in [6, 6.07) is 3.88. The molecule has 1 heterocycles. The number of aromatic nitrogens is 1. The van der Waals surface area contributed by atoms with Gasteiger partial charge in [0.05, 0.1) is 7.11 Å². The smallest absolute Gasteiger partial charge is 0.137 e. The molecule has 0 atom stereocenters. The monoisotopic (exact) mass is 227 g/mol. The molecule has 1 rings (SSSR count). The second-order valence-corrected chi connectivity index (χ2v) is 2.87. The van der Waals surface area contributed by atoms with Crippen molar-refractivity contribution in [2.45, 2.75) is 5.33 Å². The molecule has 0 bridgehead atoms. The summed E-state index contributed by atoms with van der Waals surface area (Å²) in [6.45, 7) is 3.70. The van der Waals surface area contributed by atoms with Crippen molar-refractivity contribution in [3.63, 3.8) is 0 Å². The fourth-order valence-electron chi connectivity index (χ4n) is 0.773. The molecule has 0 radical (unpaired) electrons. The van der Waals surface area contributed by atoms with Gasteiger partial charge in [-0.15, -0.1) is 0 Å². The zero-order chi connectivity index (χ0) is 8.97. The van der Waals surface area contributed by atoms with Crippen LogP contribution in [0.3, 0.4) is 0 Å². The van der Waals surface area contributed by atoms with E-state index in [2.05, 4.69) is 27.5 Å². The minimum atomic E-state index is 0.594. The van der Waals surface area contributed by atoms with Crippen LogP contribution in [0.15, 0.2) is 24.9 Å². The SMILES string of the molecule is C=C(OC)c1ccc(CBr)cn1. The molecular formula is C9H10BrNO. The van der Waals surface area contributed by atoms with Crippen LogP contribution < -0.4 is 0 Å². The minimum Gasteiger partial charge on any atom is -0.495 e. The van der Waals surface area contributed by atoms with Gasteiger partial charge in [-0.3, -0.25) is 4.98 Å². The van der Waals surface area contributed by atoms with Crippen LogP contribution in [0.5, 0.6) is 0 Å². The Balaban J connectivity index is 2.84. The fraction of sp³-hybridized carbons (Fsp3) is 0.222. The molecule has 1 aromatic heterocycles. The molecule has 0 aromatic carbocycles. The van der Waals surface area contributed by atoms with Gasteiger partial charge in [-0.05, 0) is 11.6 Å². The highest BCUT2D eigenvalue weighted by Gasteiger charge is 1.98. The number of halogens is 1. The normalized spacial score (nSPS) is 9.50. The molecule has 12 heavy (non-hydrogen) atoms. The molecule has 2 nitrogen and oxygen atoms in total. The van der Waals surface area contributed by atoms with Crippen LogP contribution in [0.25, 0.3) is 5.76 Å². The fourth-order valence-corrected chi connectivity index (χ4v) is 1.10. The summed E-state index contributed by atoms with van der Waals surface area (Å²) >= 11 is 3.34. The molecule has 0 saturated heterocycles. The van der Waals surface area contributed by atoms with Crippen LogP contribution in [0, 0.1) is 0 Å². The first-order valence-corrected chi connectivity index (χ1v) is 4.64. The van der Waals surface area contributed by atoms with E-state index < -0.39 is 0 Å². The average Bonchev–Trinajstić information content (AvgIpc) is 2.17. The summed E-state index contributed by atoms with van der Waals surface area (Å²) in [5, 5.41) is 0.819. The molecule has 0 N–H and O–H groups in total. The van der Waals surface area contributed by atoms with Crippen molar-refractivity contribution in [2.24, 2.45) is 0 Å². The van der Waals surface area contributed by atoms with Gasteiger partial charge in [0, 0.05) is 11.5 Å². The topological polar surface area (TPSA) is 22.1 Å². The first-order valence-electron chi connectivity index (χ1n) is 3.52. The van der Waals surface area contributed by atoms with Crippen LogP contribution in [0.2, 0.25) is 0 Å². The lowest BCUT2D eigenvalue weighted by atomic mass is 10.2. The number of hydrogen-bond donors (Lipinski definition) is 0. The third-order valence-electron chi connectivity index (χ3n) is 1.51. The Morgan fingerprint density at radius 3 is 2.83 bits per heavy atom. The van der Waals surface area contributed by atoms with Crippen LogP contribution in [-0.4, -0.2) is 12.1 Å². The number of hydrogen-bond acceptors (Lipinski definition) is 2. The molecule has 0 saturated carbocycles. The Morgan fingerprint density at radius 2 is 2.42 bits per heavy atom. The second kappa shape index (κ2) is 4.26. The van der Waals surface area contributed by atoms with Gasteiger partial charge < -0.3 is 4.74 Å². The van der Waals surface area contributed by atoms with Gasteiger partial charge in [0.25, 0.3) is 0 Å². The molecule has 0 fully saturated rings. The van der Waals surface area contributed by atoms with E-state index in [9.17, 15) is 0 Å². The summed E-state index contributed by atoms with van der Waals surface area (Å²) in [5.41, 5.74) is 1.92. The van der Waals surface area contributed by atoms with Crippen molar-refractivity contribution < 1.29 is 4.74 Å². The van der Waals surface area contributed by atoms with Gasteiger partial charge in [0.2, 0.25) is 0 Å². The maximum Gasteiger partial charge on any atom is 0.137 e. The maximum atomic E-state index is 4.94. The molecule has 0 aliphatic heterocycles. The Labute approximate surface area is 80.4 Å². The molecular weight excluding hydrogens is 218 g/mol. The molecule has 0 aliphatic carbocycles. The third-order valence-corrected chi connectivity index (χ3v) is 2.16.